The molecule has 0 radical (unpaired) electrons. The molecule has 4 amide bonds. The van der Waals surface area contributed by atoms with Crippen molar-refractivity contribution in [3.8, 4) is 11.5 Å². The van der Waals surface area contributed by atoms with Crippen LogP contribution < -0.4 is 25.8 Å². The highest BCUT2D eigenvalue weighted by atomic mass is 79.9. The number of amides is 4. The van der Waals surface area contributed by atoms with Gasteiger partial charge >= 0.3 is 12.0 Å². The zero-order chi connectivity index (χ0) is 26.3. The molecule has 0 aliphatic carbocycles. The molecule has 11 nitrogen and oxygen atoms in total. The highest BCUT2D eigenvalue weighted by Gasteiger charge is 2.69. The fourth-order valence-corrected chi connectivity index (χ4v) is 5.80. The number of nitrogens with zero attached hydrogens (tertiary/aromatic N) is 1. The number of carboxylic acid groups (broad SMARTS) is 1. The van der Waals surface area contributed by atoms with Crippen molar-refractivity contribution in [1.29, 1.82) is 0 Å². The molecule has 3 rings (SSSR count). The van der Waals surface area contributed by atoms with Crippen LogP contribution in [0.4, 0.5) is 4.79 Å². The van der Waals surface area contributed by atoms with E-state index in [4.69, 9.17) is 15.2 Å². The molecule has 1 aromatic carbocycles. The van der Waals surface area contributed by atoms with Crippen molar-refractivity contribution in [3.05, 3.63) is 22.2 Å². The number of primary amides is 1. The van der Waals surface area contributed by atoms with Gasteiger partial charge in [-0.1, -0.05) is 0 Å². The number of nitrogens with one attached hydrogen (secondary N) is 2. The summed E-state index contributed by atoms with van der Waals surface area (Å²) < 4.78 is 11.4. The molecule has 4 unspecified atom stereocenters. The Labute approximate surface area is 211 Å². The van der Waals surface area contributed by atoms with E-state index in [1.165, 1.54) is 19.1 Å². The number of likely N-dealkylation sites (tertiary alicyclic amines) is 1. The standard InChI is InChI=1S/C23H31BrN4O7/c1-22(2,3)28-18(29)14-15(19(28)30)23(20(31)32,7-6-8-26-21(25)33)27-16(14)11-9-12(24)17(35-5)13(10-11)34-4/h9-10,14-16,27H,6-8H2,1-5H3,(H,31,32)(H3,25,26,33). The predicted octanol–water partition coefficient (Wildman–Crippen LogP) is 1.78. The molecule has 4 atom stereocenters. The average Bonchev–Trinajstić information content (AvgIpc) is 3.24. The van der Waals surface area contributed by atoms with Crippen LogP contribution in [0.15, 0.2) is 16.6 Å². The fraction of sp³-hybridized carbons (Fsp3) is 0.565. The quantitative estimate of drug-likeness (QED) is 0.279. The summed E-state index contributed by atoms with van der Waals surface area (Å²) in [6.07, 6.45) is 0.219. The summed E-state index contributed by atoms with van der Waals surface area (Å²) in [4.78, 5) is 52.3. The molecule has 2 aliphatic rings. The van der Waals surface area contributed by atoms with Gasteiger partial charge in [-0.05, 0) is 67.2 Å². The van der Waals surface area contributed by atoms with Gasteiger partial charge in [0.15, 0.2) is 11.5 Å². The van der Waals surface area contributed by atoms with Crippen LogP contribution in [0.25, 0.3) is 0 Å². The van der Waals surface area contributed by atoms with Crippen molar-refractivity contribution in [3.63, 3.8) is 0 Å². The van der Waals surface area contributed by atoms with Crippen molar-refractivity contribution in [2.75, 3.05) is 20.8 Å². The zero-order valence-electron chi connectivity index (χ0n) is 20.3. The number of rotatable bonds is 8. The van der Waals surface area contributed by atoms with E-state index in [1.807, 2.05) is 0 Å². The Hall–Kier alpha value is -2.86. The lowest BCUT2D eigenvalue weighted by atomic mass is 9.77. The van der Waals surface area contributed by atoms with Gasteiger partial charge in [0, 0.05) is 18.1 Å². The first-order valence-electron chi connectivity index (χ1n) is 11.1. The van der Waals surface area contributed by atoms with E-state index < -0.39 is 52.8 Å². The summed E-state index contributed by atoms with van der Waals surface area (Å²) >= 11 is 3.45. The number of carbonyl (C=O) groups is 4. The van der Waals surface area contributed by atoms with Gasteiger partial charge in [-0.2, -0.15) is 0 Å². The maximum absolute atomic E-state index is 13.7. The number of benzene rings is 1. The van der Waals surface area contributed by atoms with Crippen molar-refractivity contribution in [2.24, 2.45) is 17.6 Å². The van der Waals surface area contributed by atoms with E-state index in [0.717, 1.165) is 0 Å². The van der Waals surface area contributed by atoms with E-state index in [-0.39, 0.29) is 19.4 Å². The summed E-state index contributed by atoms with van der Waals surface area (Å²) in [6.45, 7) is 5.33. The second-order valence-corrected chi connectivity index (χ2v) is 10.6. The Morgan fingerprint density at radius 1 is 1.23 bits per heavy atom. The maximum Gasteiger partial charge on any atom is 0.324 e. The number of hydrogen-bond donors (Lipinski definition) is 4. The molecule has 0 bridgehead atoms. The molecule has 192 valence electrons. The third-order valence-electron chi connectivity index (χ3n) is 6.57. The molecule has 1 aromatic rings. The molecule has 2 fully saturated rings. The molecule has 2 saturated heterocycles. The van der Waals surface area contributed by atoms with Crippen molar-refractivity contribution < 1.29 is 33.8 Å². The average molecular weight is 555 g/mol. The largest absolute Gasteiger partial charge is 0.493 e. The third kappa shape index (κ3) is 4.56. The number of urea groups is 1. The summed E-state index contributed by atoms with van der Waals surface area (Å²) in [5.41, 5.74) is 3.12. The zero-order valence-corrected chi connectivity index (χ0v) is 21.9. The van der Waals surface area contributed by atoms with Crippen molar-refractivity contribution in [1.82, 2.24) is 15.5 Å². The molecule has 5 N–H and O–H groups in total. The molecule has 35 heavy (non-hydrogen) atoms. The fourth-order valence-electron chi connectivity index (χ4n) is 5.18. The Morgan fingerprint density at radius 3 is 2.40 bits per heavy atom. The summed E-state index contributed by atoms with van der Waals surface area (Å²) in [5.74, 6) is -3.48. The number of aliphatic carboxylic acids is 1. The lowest BCUT2D eigenvalue weighted by molar-refractivity contribution is -0.154. The van der Waals surface area contributed by atoms with Crippen LogP contribution in [-0.2, 0) is 14.4 Å². The number of carbonyl (C=O) groups excluding carboxylic acids is 3. The number of hydrogen-bond acceptors (Lipinski definition) is 7. The first kappa shape index (κ1) is 26.7. The first-order valence-corrected chi connectivity index (χ1v) is 11.9. The highest BCUT2D eigenvalue weighted by molar-refractivity contribution is 9.10. The molecular weight excluding hydrogens is 524 g/mol. The number of halogens is 1. The Kier molecular flexibility index (Phi) is 7.37. The van der Waals surface area contributed by atoms with Gasteiger partial charge in [0.25, 0.3) is 0 Å². The highest BCUT2D eigenvalue weighted by Crippen LogP contribution is 2.53. The number of methoxy groups -OCH3 is 2. The minimum atomic E-state index is -1.74. The molecule has 0 saturated carbocycles. The van der Waals surface area contributed by atoms with Crippen LogP contribution in [0.1, 0.15) is 45.2 Å². The van der Waals surface area contributed by atoms with E-state index in [0.29, 0.717) is 21.5 Å². The number of ether oxygens (including phenoxy) is 2. The number of fused-ring (bicyclic) bond motifs is 1. The molecule has 0 aromatic heterocycles. The van der Waals surface area contributed by atoms with Gasteiger partial charge in [-0.25, -0.2) is 4.79 Å². The van der Waals surface area contributed by atoms with Crippen LogP contribution >= 0.6 is 15.9 Å². The summed E-state index contributed by atoms with van der Waals surface area (Å²) in [7, 11) is 2.96. The van der Waals surface area contributed by atoms with Gasteiger partial charge in [0.05, 0.1) is 30.5 Å². The number of imide groups is 1. The first-order chi connectivity index (χ1) is 16.3. The normalized spacial score (nSPS) is 26.0. The lowest BCUT2D eigenvalue weighted by Gasteiger charge is -2.35. The van der Waals surface area contributed by atoms with E-state index >= 15 is 0 Å². The minimum Gasteiger partial charge on any atom is -0.493 e. The third-order valence-corrected chi connectivity index (χ3v) is 7.16. The Balaban J connectivity index is 2.14. The minimum absolute atomic E-state index is 0.00819. The van der Waals surface area contributed by atoms with Crippen molar-refractivity contribution >= 4 is 39.7 Å². The summed E-state index contributed by atoms with van der Waals surface area (Å²) in [6, 6.07) is 1.87. The van der Waals surface area contributed by atoms with Crippen molar-refractivity contribution in [2.45, 2.75) is 50.7 Å². The van der Waals surface area contributed by atoms with Crippen LogP contribution in [0.2, 0.25) is 0 Å². The topological polar surface area (TPSA) is 160 Å². The monoisotopic (exact) mass is 554 g/mol. The SMILES string of the molecule is COc1cc(C2NC(CCCNC(N)=O)(C(=O)O)C3C(=O)N(C(C)(C)C)C(=O)C23)cc(Br)c1OC. The maximum atomic E-state index is 13.7. The van der Waals surface area contributed by atoms with Gasteiger partial charge in [-0.3, -0.25) is 24.6 Å². The van der Waals surface area contributed by atoms with Gasteiger partial charge in [0.1, 0.15) is 5.54 Å². The lowest BCUT2D eigenvalue weighted by Crippen LogP contribution is -2.57. The van der Waals surface area contributed by atoms with Crippen LogP contribution in [-0.4, -0.2) is 65.7 Å². The Morgan fingerprint density at radius 2 is 1.89 bits per heavy atom. The number of carboxylic acids is 1. The molecule has 0 spiro atoms. The molecule has 12 heteroatoms. The van der Waals surface area contributed by atoms with Crippen LogP contribution in [0, 0.1) is 11.8 Å². The van der Waals surface area contributed by atoms with Crippen LogP contribution in [0.5, 0.6) is 11.5 Å². The van der Waals surface area contributed by atoms with E-state index in [2.05, 4.69) is 26.6 Å². The van der Waals surface area contributed by atoms with Gasteiger partial charge in [-0.15, -0.1) is 0 Å². The predicted molar refractivity (Wildman–Crippen MR) is 129 cm³/mol. The smallest absolute Gasteiger partial charge is 0.324 e. The van der Waals surface area contributed by atoms with Gasteiger partial charge in [0.2, 0.25) is 11.8 Å². The molecule has 2 heterocycles. The Bertz CT molecular complexity index is 1060. The second-order valence-electron chi connectivity index (χ2n) is 9.72. The molecular formula is C23H31BrN4O7. The van der Waals surface area contributed by atoms with Gasteiger partial charge < -0.3 is 25.6 Å². The second kappa shape index (κ2) is 9.65. The van der Waals surface area contributed by atoms with E-state index in [9.17, 15) is 24.3 Å². The van der Waals surface area contributed by atoms with E-state index in [1.54, 1.807) is 32.9 Å². The van der Waals surface area contributed by atoms with Crippen LogP contribution in [0.3, 0.4) is 0 Å². The molecule has 2 aliphatic heterocycles. The summed E-state index contributed by atoms with van der Waals surface area (Å²) in [5, 5.41) is 16.0. The number of nitrogens with two attached hydrogens (primary N) is 1.